The van der Waals surface area contributed by atoms with Gasteiger partial charge in [0.05, 0.1) is 14.2 Å². The van der Waals surface area contributed by atoms with Crippen molar-refractivity contribution in [3.05, 3.63) is 23.8 Å². The fraction of sp³-hybridized carbons (Fsp3) is 0.724. The molecule has 3 heterocycles. The third-order valence-corrected chi connectivity index (χ3v) is 8.06. The molecule has 3 aliphatic heterocycles. The minimum Gasteiger partial charge on any atom is -0.496 e. The molecule has 0 bridgehead atoms. The molecule has 1 N–H and O–H groups in total. The normalized spacial score (nSPS) is 27.4. The second-order valence-corrected chi connectivity index (χ2v) is 11.3. The molecule has 8 nitrogen and oxygen atoms in total. The van der Waals surface area contributed by atoms with Crippen molar-refractivity contribution < 1.29 is 19.0 Å². The summed E-state index contributed by atoms with van der Waals surface area (Å²) < 4.78 is 17.2. The van der Waals surface area contributed by atoms with Gasteiger partial charge in [-0.05, 0) is 76.2 Å². The minimum atomic E-state index is -0.0310. The Hall–Kier alpha value is -2.32. The van der Waals surface area contributed by atoms with Gasteiger partial charge in [-0.2, -0.15) is 0 Å². The van der Waals surface area contributed by atoms with Gasteiger partial charge < -0.3 is 29.3 Å². The SMILES string of the molecule is COc1cccc(OC)c1C1=NC(CN2CCC(C(=O)NCCCN3C[C@H](C)C[C@H](C)C3)CC2)C(C)O1. The van der Waals surface area contributed by atoms with Crippen molar-refractivity contribution in [1.82, 2.24) is 15.1 Å². The van der Waals surface area contributed by atoms with Crippen LogP contribution in [0.25, 0.3) is 0 Å². The van der Waals surface area contributed by atoms with E-state index in [0.29, 0.717) is 17.4 Å². The third-order valence-electron chi connectivity index (χ3n) is 8.06. The van der Waals surface area contributed by atoms with Gasteiger partial charge in [0.2, 0.25) is 11.8 Å². The number of ether oxygens (including phenoxy) is 3. The summed E-state index contributed by atoms with van der Waals surface area (Å²) in [7, 11) is 3.29. The van der Waals surface area contributed by atoms with Crippen molar-refractivity contribution in [3.8, 4) is 11.5 Å². The van der Waals surface area contributed by atoms with E-state index in [0.717, 1.165) is 69.4 Å². The Balaban J connectivity index is 1.20. The molecule has 37 heavy (non-hydrogen) atoms. The number of carbonyl (C=O) groups is 1. The lowest BCUT2D eigenvalue weighted by Crippen LogP contribution is -2.44. The van der Waals surface area contributed by atoms with Gasteiger partial charge in [0.15, 0.2) is 0 Å². The molecule has 0 saturated carbocycles. The van der Waals surface area contributed by atoms with E-state index in [9.17, 15) is 4.79 Å². The van der Waals surface area contributed by atoms with Crippen LogP contribution in [0.5, 0.6) is 11.5 Å². The van der Waals surface area contributed by atoms with Crippen LogP contribution in [0.4, 0.5) is 0 Å². The third kappa shape index (κ3) is 7.17. The van der Waals surface area contributed by atoms with Gasteiger partial charge in [0.1, 0.15) is 29.2 Å². The maximum absolute atomic E-state index is 12.8. The number of methoxy groups -OCH3 is 2. The van der Waals surface area contributed by atoms with Crippen molar-refractivity contribution in [3.63, 3.8) is 0 Å². The molecule has 1 amide bonds. The van der Waals surface area contributed by atoms with Crippen LogP contribution in [-0.2, 0) is 9.53 Å². The highest BCUT2D eigenvalue weighted by molar-refractivity contribution is 6.00. The topological polar surface area (TPSA) is 75.6 Å². The quantitative estimate of drug-likeness (QED) is 0.482. The summed E-state index contributed by atoms with van der Waals surface area (Å²) in [5.74, 6) is 3.86. The van der Waals surface area contributed by atoms with Crippen molar-refractivity contribution in [2.45, 2.75) is 58.6 Å². The maximum atomic E-state index is 12.8. The molecule has 8 heteroatoms. The van der Waals surface area contributed by atoms with Crippen LogP contribution in [0.1, 0.15) is 52.0 Å². The summed E-state index contributed by atoms with van der Waals surface area (Å²) in [5, 5.41) is 3.21. The molecule has 1 aromatic rings. The first-order valence-electron chi connectivity index (χ1n) is 14.1. The number of amides is 1. The monoisotopic (exact) mass is 514 g/mol. The Morgan fingerprint density at radius 1 is 1.05 bits per heavy atom. The lowest BCUT2D eigenvalue weighted by molar-refractivity contribution is -0.126. The summed E-state index contributed by atoms with van der Waals surface area (Å²) in [6, 6.07) is 5.72. The molecular formula is C29H46N4O4. The van der Waals surface area contributed by atoms with Gasteiger partial charge in [-0.1, -0.05) is 19.9 Å². The van der Waals surface area contributed by atoms with Crippen molar-refractivity contribution in [1.29, 1.82) is 0 Å². The molecule has 0 spiro atoms. The molecular weight excluding hydrogens is 468 g/mol. The number of hydrogen-bond donors (Lipinski definition) is 1. The van der Waals surface area contributed by atoms with Crippen molar-refractivity contribution >= 4 is 11.8 Å². The zero-order valence-electron chi connectivity index (χ0n) is 23.4. The number of piperidine rings is 2. The highest BCUT2D eigenvalue weighted by Crippen LogP contribution is 2.33. The van der Waals surface area contributed by atoms with Crippen molar-refractivity contribution in [2.24, 2.45) is 22.7 Å². The number of hydrogen-bond acceptors (Lipinski definition) is 7. The number of rotatable bonds is 10. The second kappa shape index (κ2) is 13.0. The Labute approximate surface area is 222 Å². The minimum absolute atomic E-state index is 0.0310. The largest absolute Gasteiger partial charge is 0.496 e. The average Bonchev–Trinajstić information content (AvgIpc) is 3.25. The summed E-state index contributed by atoms with van der Waals surface area (Å²) >= 11 is 0. The first kappa shape index (κ1) is 27.7. The number of carbonyl (C=O) groups excluding carboxylic acids is 1. The summed E-state index contributed by atoms with van der Waals surface area (Å²) in [6.07, 6.45) is 4.12. The molecule has 4 rings (SSSR count). The van der Waals surface area contributed by atoms with Crippen LogP contribution < -0.4 is 14.8 Å². The van der Waals surface area contributed by atoms with Gasteiger partial charge in [0, 0.05) is 32.1 Å². The summed E-state index contributed by atoms with van der Waals surface area (Å²) in [4.78, 5) is 22.7. The number of aliphatic imine (C=N–C) groups is 1. The molecule has 2 fully saturated rings. The van der Waals surface area contributed by atoms with Crippen LogP contribution in [0.2, 0.25) is 0 Å². The Morgan fingerprint density at radius 2 is 1.70 bits per heavy atom. The highest BCUT2D eigenvalue weighted by atomic mass is 16.5. The smallest absolute Gasteiger partial charge is 0.224 e. The lowest BCUT2D eigenvalue weighted by Gasteiger charge is -2.35. The van der Waals surface area contributed by atoms with E-state index in [4.69, 9.17) is 19.2 Å². The Kier molecular flexibility index (Phi) is 9.71. The molecule has 0 aliphatic carbocycles. The van der Waals surface area contributed by atoms with Gasteiger partial charge in [-0.3, -0.25) is 4.79 Å². The van der Waals surface area contributed by atoms with E-state index in [1.807, 2.05) is 18.2 Å². The predicted molar refractivity (Wildman–Crippen MR) is 147 cm³/mol. The van der Waals surface area contributed by atoms with Crippen LogP contribution in [0.15, 0.2) is 23.2 Å². The fourth-order valence-electron chi connectivity index (χ4n) is 6.19. The zero-order valence-corrected chi connectivity index (χ0v) is 23.4. The molecule has 4 atom stereocenters. The van der Waals surface area contributed by atoms with E-state index >= 15 is 0 Å². The zero-order chi connectivity index (χ0) is 26.4. The fourth-order valence-corrected chi connectivity index (χ4v) is 6.19. The van der Waals surface area contributed by atoms with Crippen LogP contribution in [0.3, 0.4) is 0 Å². The van der Waals surface area contributed by atoms with Crippen LogP contribution in [-0.4, -0.2) is 93.8 Å². The van der Waals surface area contributed by atoms with E-state index in [-0.39, 0.29) is 24.0 Å². The number of nitrogens with zero attached hydrogens (tertiary/aromatic N) is 3. The van der Waals surface area contributed by atoms with Crippen LogP contribution in [0, 0.1) is 17.8 Å². The Bertz CT molecular complexity index is 898. The van der Waals surface area contributed by atoms with E-state index in [1.165, 1.54) is 19.5 Å². The number of benzene rings is 1. The Morgan fingerprint density at radius 3 is 2.32 bits per heavy atom. The molecule has 0 aromatic heterocycles. The van der Waals surface area contributed by atoms with Gasteiger partial charge >= 0.3 is 0 Å². The predicted octanol–water partition coefficient (Wildman–Crippen LogP) is 3.43. The molecule has 2 saturated heterocycles. The highest BCUT2D eigenvalue weighted by Gasteiger charge is 2.34. The summed E-state index contributed by atoms with van der Waals surface area (Å²) in [5.41, 5.74) is 0.765. The lowest BCUT2D eigenvalue weighted by atomic mass is 9.92. The van der Waals surface area contributed by atoms with E-state index in [2.05, 4.69) is 35.9 Å². The van der Waals surface area contributed by atoms with E-state index < -0.39 is 0 Å². The second-order valence-electron chi connectivity index (χ2n) is 11.3. The van der Waals surface area contributed by atoms with Gasteiger partial charge in [-0.25, -0.2) is 4.99 Å². The standard InChI is InChI=1S/C29H46N4O4/c1-20-16-21(2)18-33(17-20)13-7-12-30-28(34)23-10-14-32(15-11-23)19-24-22(3)37-29(31-24)27-25(35-4)8-6-9-26(27)36-5/h6,8-9,20-24H,7,10-19H2,1-5H3,(H,30,34)/t20-,21+,22?,24?. The molecule has 2 unspecified atom stereocenters. The first-order valence-corrected chi connectivity index (χ1v) is 14.1. The van der Waals surface area contributed by atoms with Gasteiger partial charge in [0.25, 0.3) is 0 Å². The average molecular weight is 515 g/mol. The van der Waals surface area contributed by atoms with E-state index in [1.54, 1.807) is 14.2 Å². The number of nitrogens with one attached hydrogen (secondary N) is 1. The number of likely N-dealkylation sites (tertiary alicyclic amines) is 2. The van der Waals surface area contributed by atoms with Crippen molar-refractivity contribution in [2.75, 3.05) is 60.0 Å². The molecule has 1 aromatic carbocycles. The van der Waals surface area contributed by atoms with Crippen LogP contribution >= 0.6 is 0 Å². The molecule has 206 valence electrons. The molecule has 3 aliphatic rings. The van der Waals surface area contributed by atoms with Gasteiger partial charge in [-0.15, -0.1) is 0 Å². The first-order chi connectivity index (χ1) is 17.9. The molecule has 0 radical (unpaired) electrons. The maximum Gasteiger partial charge on any atom is 0.224 e. The summed E-state index contributed by atoms with van der Waals surface area (Å²) in [6.45, 7) is 13.6.